The zero-order chi connectivity index (χ0) is 13.4. The highest BCUT2D eigenvalue weighted by Gasteiger charge is 2.47. The number of rotatable bonds is 2. The van der Waals surface area contributed by atoms with Crippen molar-refractivity contribution in [3.63, 3.8) is 0 Å². The Morgan fingerprint density at radius 3 is 2.24 bits per heavy atom. The third kappa shape index (κ3) is 2.60. The van der Waals surface area contributed by atoms with Gasteiger partial charge in [0.05, 0.1) is 10.9 Å². The van der Waals surface area contributed by atoms with Crippen LogP contribution in [0.1, 0.15) is 10.4 Å². The monoisotopic (exact) mass is 331 g/mol. The number of carbonyl (C=O) groups is 1. The van der Waals surface area contributed by atoms with Crippen molar-refractivity contribution in [1.82, 2.24) is 0 Å². The Bertz CT molecular complexity index is 565. The molecule has 94 valence electrons. The van der Waals surface area contributed by atoms with Gasteiger partial charge in [-0.3, -0.25) is 0 Å². The Labute approximate surface area is 102 Å². The van der Waals surface area contributed by atoms with Crippen molar-refractivity contribution in [3.05, 3.63) is 28.2 Å². The normalized spacial score (nSPS) is 12.5. The molecule has 0 fully saturated rings. The van der Waals surface area contributed by atoms with Gasteiger partial charge in [0.1, 0.15) is 0 Å². The molecule has 1 aromatic carbocycles. The van der Waals surface area contributed by atoms with Crippen molar-refractivity contribution < 1.29 is 31.5 Å². The molecule has 0 saturated carbocycles. The quantitative estimate of drug-likeness (QED) is 0.813. The van der Waals surface area contributed by atoms with Crippen LogP contribution in [-0.2, 0) is 9.84 Å². The Balaban J connectivity index is 3.52. The van der Waals surface area contributed by atoms with Crippen molar-refractivity contribution in [3.8, 4) is 0 Å². The zero-order valence-corrected chi connectivity index (χ0v) is 10.2. The van der Waals surface area contributed by atoms with E-state index in [1.807, 2.05) is 0 Å². The number of carboxylic acid groups (broad SMARTS) is 1. The van der Waals surface area contributed by atoms with Gasteiger partial charge in [0, 0.05) is 4.47 Å². The van der Waals surface area contributed by atoms with Crippen molar-refractivity contribution in [2.75, 3.05) is 0 Å². The summed E-state index contributed by atoms with van der Waals surface area (Å²) in [6, 6.07) is 2.21. The molecular formula is C8H3BrF3O4S-. The van der Waals surface area contributed by atoms with Crippen LogP contribution in [0.5, 0.6) is 0 Å². The molecule has 0 aromatic heterocycles. The predicted octanol–water partition coefficient (Wildman–Crippen LogP) is 1.11. The standard InChI is InChI=1S/C8H4BrF3O4S/c9-5-2-1-4(7(13)14)3-6(5)17(15,16)8(10,11)12/h1-3H,(H,13,14)/p-1. The zero-order valence-electron chi connectivity index (χ0n) is 7.79. The summed E-state index contributed by atoms with van der Waals surface area (Å²) in [5.41, 5.74) is -6.16. The number of benzene rings is 1. The average Bonchev–Trinajstić information content (AvgIpc) is 2.15. The molecule has 0 saturated heterocycles. The van der Waals surface area contributed by atoms with Gasteiger partial charge in [-0.2, -0.15) is 13.2 Å². The molecule has 17 heavy (non-hydrogen) atoms. The van der Waals surface area contributed by atoms with E-state index in [0.717, 1.165) is 12.1 Å². The molecule has 9 heteroatoms. The number of halogens is 4. The van der Waals surface area contributed by atoms with E-state index in [9.17, 15) is 31.5 Å². The average molecular weight is 332 g/mol. The summed E-state index contributed by atoms with van der Waals surface area (Å²) in [7, 11) is -5.60. The van der Waals surface area contributed by atoms with E-state index < -0.39 is 31.8 Å². The molecule has 0 heterocycles. The minimum atomic E-state index is -5.60. The van der Waals surface area contributed by atoms with Crippen LogP contribution in [-0.4, -0.2) is 19.9 Å². The van der Waals surface area contributed by atoms with Gasteiger partial charge in [-0.1, -0.05) is 6.07 Å². The maximum absolute atomic E-state index is 12.3. The molecule has 0 aliphatic heterocycles. The van der Waals surface area contributed by atoms with E-state index in [1.165, 1.54) is 0 Å². The number of hydrogen-bond acceptors (Lipinski definition) is 4. The lowest BCUT2D eigenvalue weighted by Gasteiger charge is -2.11. The first-order valence-corrected chi connectivity index (χ1v) is 6.17. The lowest BCUT2D eigenvalue weighted by molar-refractivity contribution is -0.255. The maximum Gasteiger partial charge on any atom is 0.501 e. The summed E-state index contributed by atoms with van der Waals surface area (Å²) in [5, 5.41) is 10.4. The Kier molecular flexibility index (Phi) is 3.53. The molecule has 1 rings (SSSR count). The molecule has 0 bridgehead atoms. The van der Waals surface area contributed by atoms with Gasteiger partial charge >= 0.3 is 5.51 Å². The minimum Gasteiger partial charge on any atom is -0.545 e. The third-order valence-corrected chi connectivity index (χ3v) is 4.24. The molecule has 0 spiro atoms. The molecule has 0 radical (unpaired) electrons. The second kappa shape index (κ2) is 4.30. The maximum atomic E-state index is 12.3. The fourth-order valence-corrected chi connectivity index (χ4v) is 2.70. The van der Waals surface area contributed by atoms with E-state index in [2.05, 4.69) is 15.9 Å². The highest BCUT2D eigenvalue weighted by atomic mass is 79.9. The lowest BCUT2D eigenvalue weighted by Crippen LogP contribution is -2.26. The van der Waals surface area contributed by atoms with Crippen LogP contribution in [0.25, 0.3) is 0 Å². The fourth-order valence-electron chi connectivity index (χ4n) is 0.961. The largest absolute Gasteiger partial charge is 0.545 e. The van der Waals surface area contributed by atoms with Crippen LogP contribution in [0.3, 0.4) is 0 Å². The van der Waals surface area contributed by atoms with Gasteiger partial charge in [-0.15, -0.1) is 0 Å². The van der Waals surface area contributed by atoms with E-state index in [0.29, 0.717) is 6.07 Å². The van der Waals surface area contributed by atoms with Crippen LogP contribution < -0.4 is 5.11 Å². The Morgan fingerprint density at radius 1 is 1.29 bits per heavy atom. The smallest absolute Gasteiger partial charge is 0.501 e. The summed E-state index contributed by atoms with van der Waals surface area (Å²) in [4.78, 5) is 9.28. The molecule has 0 aliphatic carbocycles. The second-order valence-corrected chi connectivity index (χ2v) is 5.65. The Hall–Kier alpha value is -1.09. The number of alkyl halides is 3. The summed E-state index contributed by atoms with van der Waals surface area (Å²) in [6.45, 7) is 0. The lowest BCUT2D eigenvalue weighted by atomic mass is 10.2. The SMILES string of the molecule is O=C([O-])c1ccc(Br)c(S(=O)(=O)C(F)(F)F)c1. The van der Waals surface area contributed by atoms with Crippen LogP contribution >= 0.6 is 15.9 Å². The van der Waals surface area contributed by atoms with Gasteiger partial charge in [-0.25, -0.2) is 8.42 Å². The molecule has 1 aromatic rings. The first kappa shape index (κ1) is 14.0. The van der Waals surface area contributed by atoms with E-state index >= 15 is 0 Å². The number of carboxylic acids is 1. The molecule has 0 aliphatic rings. The number of carbonyl (C=O) groups excluding carboxylic acids is 1. The number of sulfone groups is 1. The summed E-state index contributed by atoms with van der Waals surface area (Å²) in [5.74, 6) is -1.77. The first-order chi connectivity index (χ1) is 7.57. The van der Waals surface area contributed by atoms with Gasteiger partial charge in [-0.05, 0) is 33.6 Å². The van der Waals surface area contributed by atoms with Crippen LogP contribution in [0.4, 0.5) is 13.2 Å². The van der Waals surface area contributed by atoms with Gasteiger partial charge in [0.2, 0.25) is 0 Å². The predicted molar refractivity (Wildman–Crippen MR) is 51.7 cm³/mol. The highest BCUT2D eigenvalue weighted by molar-refractivity contribution is 9.10. The molecular weight excluding hydrogens is 329 g/mol. The molecule has 0 N–H and O–H groups in total. The summed E-state index contributed by atoms with van der Waals surface area (Å²) >= 11 is 2.62. The highest BCUT2D eigenvalue weighted by Crippen LogP contribution is 2.34. The van der Waals surface area contributed by atoms with Gasteiger partial charge in [0.15, 0.2) is 0 Å². The molecule has 0 amide bonds. The van der Waals surface area contributed by atoms with Crippen LogP contribution in [0, 0.1) is 0 Å². The minimum absolute atomic E-state index is 0.375. The fraction of sp³-hybridized carbons (Fsp3) is 0.125. The van der Waals surface area contributed by atoms with Crippen LogP contribution in [0.2, 0.25) is 0 Å². The second-order valence-electron chi connectivity index (χ2n) is 2.88. The topological polar surface area (TPSA) is 74.3 Å². The van der Waals surface area contributed by atoms with Gasteiger partial charge < -0.3 is 9.90 Å². The molecule has 0 unspecified atom stereocenters. The first-order valence-electron chi connectivity index (χ1n) is 3.89. The van der Waals surface area contributed by atoms with Gasteiger partial charge in [0.25, 0.3) is 9.84 Å². The van der Waals surface area contributed by atoms with Crippen molar-refractivity contribution >= 4 is 31.7 Å². The number of hydrogen-bond donors (Lipinski definition) is 0. The molecule has 4 nitrogen and oxygen atoms in total. The van der Waals surface area contributed by atoms with Crippen molar-refractivity contribution in [1.29, 1.82) is 0 Å². The van der Waals surface area contributed by atoms with Crippen molar-refractivity contribution in [2.45, 2.75) is 10.4 Å². The van der Waals surface area contributed by atoms with E-state index in [-0.39, 0.29) is 4.47 Å². The Morgan fingerprint density at radius 2 is 1.82 bits per heavy atom. The summed E-state index contributed by atoms with van der Waals surface area (Å²) < 4.78 is 58.6. The van der Waals surface area contributed by atoms with E-state index in [1.54, 1.807) is 0 Å². The van der Waals surface area contributed by atoms with E-state index in [4.69, 9.17) is 0 Å². The molecule has 0 atom stereocenters. The van der Waals surface area contributed by atoms with Crippen LogP contribution in [0.15, 0.2) is 27.6 Å². The third-order valence-electron chi connectivity index (χ3n) is 1.76. The number of aromatic carboxylic acids is 1. The van der Waals surface area contributed by atoms with Crippen molar-refractivity contribution in [2.24, 2.45) is 0 Å². The summed E-state index contributed by atoms with van der Waals surface area (Å²) in [6.07, 6.45) is 0.